The van der Waals surface area contributed by atoms with E-state index in [1.807, 2.05) is 30.3 Å². The monoisotopic (exact) mass is 512 g/mol. The first-order valence-electron chi connectivity index (χ1n) is 11.3. The first-order chi connectivity index (χ1) is 17.3. The van der Waals surface area contributed by atoms with Crippen molar-refractivity contribution in [3.63, 3.8) is 0 Å². The summed E-state index contributed by atoms with van der Waals surface area (Å²) >= 11 is 1.35. The van der Waals surface area contributed by atoms with Crippen molar-refractivity contribution >= 4 is 23.7 Å². The molecule has 1 aliphatic rings. The molecule has 0 saturated carbocycles. The highest BCUT2D eigenvalue weighted by Crippen LogP contribution is 2.42. The second-order valence-corrected chi connectivity index (χ2v) is 9.29. The zero-order valence-electron chi connectivity index (χ0n) is 20.1. The number of nitro groups is 1. The van der Waals surface area contributed by atoms with Gasteiger partial charge in [-0.05, 0) is 25.5 Å². The number of carboxylic acids is 1. The van der Waals surface area contributed by atoms with Gasteiger partial charge < -0.3 is 19.9 Å². The molecule has 2 aromatic carbocycles. The number of carbonyl (C=O) groups is 2. The second kappa shape index (κ2) is 12.8. The zero-order chi connectivity index (χ0) is 26.1. The minimum Gasteiger partial charge on any atom is -0.489 e. The number of aliphatic carboxylic acids is 1. The number of ether oxygens (including phenoxy) is 2. The Morgan fingerprint density at radius 2 is 1.75 bits per heavy atom. The molecular formula is C26H28N2O7S. The lowest BCUT2D eigenvalue weighted by molar-refractivity contribution is -0.431. The number of dihydropyridines is 1. The summed E-state index contributed by atoms with van der Waals surface area (Å²) in [6, 6.07) is 16.5. The first-order valence-corrected chi connectivity index (χ1v) is 12.5. The molecule has 10 heteroatoms. The van der Waals surface area contributed by atoms with Gasteiger partial charge in [-0.15, -0.1) is 0 Å². The van der Waals surface area contributed by atoms with E-state index >= 15 is 0 Å². The Kier molecular flexibility index (Phi) is 9.52. The summed E-state index contributed by atoms with van der Waals surface area (Å²) in [6.07, 6.45) is 0.0187. The Hall–Kier alpha value is -3.79. The van der Waals surface area contributed by atoms with E-state index < -0.39 is 22.8 Å². The highest BCUT2D eigenvalue weighted by molar-refractivity contribution is 7.99. The maximum atomic E-state index is 13.2. The highest BCUT2D eigenvalue weighted by atomic mass is 32.2. The standard InChI is InChI=1S/C26H28N2O7S/c1-17-23(26(31)34-13-15-36-14-12-22(29)30)24(25(28(32)33)18(2)27-17)20-10-6-7-11-21(20)35-16-19-8-4-3-5-9-19/h3-11,24,27H,12-16H2,1-2H3,(H,29,30). The highest BCUT2D eigenvalue weighted by Gasteiger charge is 2.42. The topological polar surface area (TPSA) is 128 Å². The lowest BCUT2D eigenvalue weighted by Crippen LogP contribution is -2.32. The Morgan fingerprint density at radius 1 is 1.06 bits per heavy atom. The Balaban J connectivity index is 1.87. The number of benzene rings is 2. The third-order valence-electron chi connectivity index (χ3n) is 5.53. The number of carbonyl (C=O) groups excluding carboxylic acids is 1. The molecule has 1 heterocycles. The average molecular weight is 513 g/mol. The van der Waals surface area contributed by atoms with Gasteiger partial charge in [0.25, 0.3) is 5.70 Å². The van der Waals surface area contributed by atoms with Crippen LogP contribution in [0.1, 0.15) is 37.3 Å². The molecule has 1 aliphatic heterocycles. The fourth-order valence-electron chi connectivity index (χ4n) is 3.92. The Morgan fingerprint density at radius 3 is 2.44 bits per heavy atom. The van der Waals surface area contributed by atoms with Crippen LogP contribution in [0.15, 0.2) is 77.3 Å². The van der Waals surface area contributed by atoms with Gasteiger partial charge in [0.05, 0.1) is 22.6 Å². The summed E-state index contributed by atoms with van der Waals surface area (Å²) in [5.74, 6) is -1.31. The number of allylic oxidation sites excluding steroid dienone is 3. The van der Waals surface area contributed by atoms with Crippen LogP contribution < -0.4 is 10.1 Å². The fraction of sp³-hybridized carbons (Fsp3) is 0.308. The van der Waals surface area contributed by atoms with Crippen molar-refractivity contribution in [2.24, 2.45) is 0 Å². The van der Waals surface area contributed by atoms with Crippen LogP contribution >= 0.6 is 11.8 Å². The molecular weight excluding hydrogens is 484 g/mol. The molecule has 3 rings (SSSR count). The van der Waals surface area contributed by atoms with E-state index in [-0.39, 0.29) is 30.9 Å². The van der Waals surface area contributed by atoms with Crippen LogP contribution in [-0.2, 0) is 20.9 Å². The molecule has 0 aromatic heterocycles. The largest absolute Gasteiger partial charge is 0.489 e. The molecule has 190 valence electrons. The summed E-state index contributed by atoms with van der Waals surface area (Å²) in [5.41, 5.74) is 2.21. The molecule has 0 amide bonds. The molecule has 0 spiro atoms. The minimum absolute atomic E-state index is 0.0187. The number of hydrogen-bond acceptors (Lipinski definition) is 8. The van der Waals surface area contributed by atoms with Gasteiger partial charge in [-0.1, -0.05) is 48.5 Å². The van der Waals surface area contributed by atoms with Gasteiger partial charge in [-0.25, -0.2) is 4.79 Å². The van der Waals surface area contributed by atoms with E-state index in [0.717, 1.165) is 5.56 Å². The van der Waals surface area contributed by atoms with Gasteiger partial charge in [0.1, 0.15) is 24.9 Å². The van der Waals surface area contributed by atoms with Crippen LogP contribution in [0.4, 0.5) is 0 Å². The van der Waals surface area contributed by atoms with Crippen LogP contribution in [0.2, 0.25) is 0 Å². The first kappa shape index (κ1) is 26.8. The van der Waals surface area contributed by atoms with Gasteiger partial charge >= 0.3 is 11.9 Å². The van der Waals surface area contributed by atoms with E-state index in [1.165, 1.54) is 11.8 Å². The summed E-state index contributed by atoms with van der Waals surface area (Å²) < 4.78 is 11.5. The number of nitrogens with zero attached hydrogens (tertiary/aromatic N) is 1. The second-order valence-electron chi connectivity index (χ2n) is 8.07. The van der Waals surface area contributed by atoms with E-state index in [4.69, 9.17) is 14.6 Å². The van der Waals surface area contributed by atoms with Crippen molar-refractivity contribution in [3.8, 4) is 5.75 Å². The van der Waals surface area contributed by atoms with Crippen LogP contribution in [0.3, 0.4) is 0 Å². The molecule has 9 nitrogen and oxygen atoms in total. The third-order valence-corrected chi connectivity index (χ3v) is 6.48. The van der Waals surface area contributed by atoms with Crippen molar-refractivity contribution in [2.45, 2.75) is 32.8 Å². The van der Waals surface area contributed by atoms with Crippen molar-refractivity contribution < 1.29 is 29.1 Å². The van der Waals surface area contributed by atoms with Crippen LogP contribution in [-0.4, -0.2) is 40.1 Å². The summed E-state index contributed by atoms with van der Waals surface area (Å²) in [6.45, 7) is 3.59. The molecule has 36 heavy (non-hydrogen) atoms. The number of thioether (sulfide) groups is 1. The molecule has 0 radical (unpaired) electrons. The molecule has 1 atom stereocenters. The predicted octanol–water partition coefficient (Wildman–Crippen LogP) is 4.49. The van der Waals surface area contributed by atoms with E-state index in [9.17, 15) is 19.7 Å². The molecule has 0 bridgehead atoms. The van der Waals surface area contributed by atoms with Gasteiger partial charge in [-0.3, -0.25) is 14.9 Å². The molecule has 0 saturated heterocycles. The van der Waals surface area contributed by atoms with Crippen molar-refractivity contribution in [1.29, 1.82) is 0 Å². The van der Waals surface area contributed by atoms with Crippen molar-refractivity contribution in [2.75, 3.05) is 18.1 Å². The van der Waals surface area contributed by atoms with Crippen LogP contribution in [0.5, 0.6) is 5.75 Å². The van der Waals surface area contributed by atoms with Gasteiger partial charge in [0.15, 0.2) is 0 Å². The van der Waals surface area contributed by atoms with E-state index in [0.29, 0.717) is 34.2 Å². The maximum absolute atomic E-state index is 13.2. The van der Waals surface area contributed by atoms with E-state index in [2.05, 4.69) is 5.32 Å². The van der Waals surface area contributed by atoms with Gasteiger partial charge in [0, 0.05) is 22.8 Å². The number of nitrogens with one attached hydrogen (secondary N) is 1. The smallest absolute Gasteiger partial charge is 0.337 e. The predicted molar refractivity (Wildman–Crippen MR) is 136 cm³/mol. The average Bonchev–Trinajstić information content (AvgIpc) is 2.84. The SMILES string of the molecule is CC1=C(C(=O)OCCSCCC(=O)O)C(c2ccccc2OCc2ccccc2)C([N+](=O)[O-])=C(C)N1. The lowest BCUT2D eigenvalue weighted by Gasteiger charge is -2.27. The number of rotatable bonds is 12. The quantitative estimate of drug-likeness (QED) is 0.183. The normalized spacial score (nSPS) is 15.3. The number of para-hydroxylation sites is 1. The van der Waals surface area contributed by atoms with Crippen LogP contribution in [0, 0.1) is 10.1 Å². The van der Waals surface area contributed by atoms with E-state index in [1.54, 1.807) is 38.1 Å². The van der Waals surface area contributed by atoms with Gasteiger partial charge in [-0.2, -0.15) is 11.8 Å². The molecule has 1 unspecified atom stereocenters. The summed E-state index contributed by atoms with van der Waals surface area (Å²) in [7, 11) is 0. The summed E-state index contributed by atoms with van der Waals surface area (Å²) in [4.78, 5) is 35.5. The molecule has 0 aliphatic carbocycles. The number of carboxylic acid groups (broad SMARTS) is 1. The minimum atomic E-state index is -1.000. The Bertz CT molecular complexity index is 1180. The van der Waals surface area contributed by atoms with Crippen molar-refractivity contribution in [1.82, 2.24) is 5.32 Å². The number of hydrogen-bond donors (Lipinski definition) is 2. The van der Waals surface area contributed by atoms with Crippen LogP contribution in [0.25, 0.3) is 0 Å². The summed E-state index contributed by atoms with van der Waals surface area (Å²) in [5, 5.41) is 23.8. The molecule has 2 N–H and O–H groups in total. The zero-order valence-corrected chi connectivity index (χ0v) is 20.9. The third kappa shape index (κ3) is 6.88. The van der Waals surface area contributed by atoms with Crippen molar-refractivity contribution in [3.05, 3.63) is 98.5 Å². The number of esters is 1. The fourth-order valence-corrected chi connectivity index (χ4v) is 4.64. The van der Waals surface area contributed by atoms with Gasteiger partial charge in [0.2, 0.25) is 0 Å². The molecule has 0 fully saturated rings. The molecule has 2 aromatic rings. The maximum Gasteiger partial charge on any atom is 0.337 e. The Labute approximate surface area is 213 Å². The lowest BCUT2D eigenvalue weighted by atomic mass is 9.83.